The molecule has 0 aliphatic carbocycles. The largest absolute Gasteiger partial charge is 0.466 e. The van der Waals surface area contributed by atoms with Crippen LogP contribution in [0.4, 0.5) is 0 Å². The minimum Gasteiger partial charge on any atom is -0.466 e. The number of aliphatic hydroxyl groups excluding tert-OH is 2. The lowest BCUT2D eigenvalue weighted by Gasteiger charge is -2.20. The van der Waals surface area contributed by atoms with Gasteiger partial charge in [0.1, 0.15) is 0 Å². The highest BCUT2D eigenvalue weighted by Gasteiger charge is 2.18. The molecule has 2 atom stereocenters. The number of nitrogens with one attached hydrogen (secondary N) is 1. The van der Waals surface area contributed by atoms with Crippen molar-refractivity contribution in [3.05, 3.63) is 48.6 Å². The molecule has 0 rings (SSSR count). The second-order valence-corrected chi connectivity index (χ2v) is 23.9. The summed E-state index contributed by atoms with van der Waals surface area (Å²) in [6.45, 7) is 4.89. The lowest BCUT2D eigenvalue weighted by atomic mass is 10.0. The predicted molar refractivity (Wildman–Crippen MR) is 342 cm³/mol. The van der Waals surface area contributed by atoms with Gasteiger partial charge >= 0.3 is 5.97 Å². The smallest absolute Gasteiger partial charge is 0.305 e. The Hall–Kier alpha value is -2.18. The maximum atomic E-state index is 12.4. The molecule has 0 saturated heterocycles. The zero-order valence-corrected chi connectivity index (χ0v) is 52.4. The minimum absolute atomic E-state index is 0.0135. The van der Waals surface area contributed by atoms with Gasteiger partial charge in [0, 0.05) is 12.8 Å². The molecule has 0 spiro atoms. The van der Waals surface area contributed by atoms with Gasteiger partial charge in [0.25, 0.3) is 0 Å². The number of hydrogen-bond donors (Lipinski definition) is 3. The molecular weight excluding hydrogens is 959 g/mol. The number of carbonyl (C=O) groups excluding carboxylic acids is 2. The van der Waals surface area contributed by atoms with Crippen molar-refractivity contribution in [2.45, 2.75) is 386 Å². The van der Waals surface area contributed by atoms with E-state index in [1.165, 1.54) is 295 Å². The van der Waals surface area contributed by atoms with Gasteiger partial charge in [0.2, 0.25) is 5.91 Å². The van der Waals surface area contributed by atoms with Gasteiger partial charge in [-0.15, -0.1) is 0 Å². The van der Waals surface area contributed by atoms with E-state index in [0.29, 0.717) is 19.4 Å². The Labute approximate surface area is 486 Å². The van der Waals surface area contributed by atoms with Gasteiger partial charge in [-0.3, -0.25) is 9.59 Å². The molecule has 0 aromatic heterocycles. The fourth-order valence-corrected chi connectivity index (χ4v) is 10.7. The van der Waals surface area contributed by atoms with E-state index in [1.54, 1.807) is 6.08 Å². The Morgan fingerprint density at radius 2 is 0.641 bits per heavy atom. The van der Waals surface area contributed by atoms with Crippen LogP contribution >= 0.6 is 0 Å². The van der Waals surface area contributed by atoms with E-state index in [4.69, 9.17) is 4.74 Å². The van der Waals surface area contributed by atoms with Crippen LogP contribution in [0.1, 0.15) is 373 Å². The van der Waals surface area contributed by atoms with Gasteiger partial charge in [-0.25, -0.2) is 0 Å². The van der Waals surface area contributed by atoms with Gasteiger partial charge in [-0.2, -0.15) is 0 Å². The summed E-state index contributed by atoms with van der Waals surface area (Å²) in [4.78, 5) is 24.5. The second-order valence-electron chi connectivity index (χ2n) is 23.9. The fourth-order valence-electron chi connectivity index (χ4n) is 10.7. The number of esters is 1. The van der Waals surface area contributed by atoms with Crippen molar-refractivity contribution in [1.29, 1.82) is 0 Å². The molecule has 0 radical (unpaired) electrons. The molecule has 78 heavy (non-hydrogen) atoms. The summed E-state index contributed by atoms with van der Waals surface area (Å²) < 4.78 is 5.50. The Kier molecular flexibility index (Phi) is 65.4. The molecular formula is C72H135NO5. The van der Waals surface area contributed by atoms with Crippen LogP contribution in [-0.4, -0.2) is 47.4 Å². The van der Waals surface area contributed by atoms with E-state index < -0.39 is 12.1 Å². The van der Waals surface area contributed by atoms with Crippen LogP contribution in [0.5, 0.6) is 0 Å². The van der Waals surface area contributed by atoms with E-state index >= 15 is 0 Å². The Balaban J connectivity index is 3.35. The first-order valence-corrected chi connectivity index (χ1v) is 34.9. The van der Waals surface area contributed by atoms with Crippen LogP contribution in [0, 0.1) is 0 Å². The van der Waals surface area contributed by atoms with Crippen molar-refractivity contribution in [3.8, 4) is 0 Å². The third kappa shape index (κ3) is 63.0. The van der Waals surface area contributed by atoms with Crippen LogP contribution in [-0.2, 0) is 14.3 Å². The van der Waals surface area contributed by atoms with E-state index in [9.17, 15) is 19.8 Å². The van der Waals surface area contributed by atoms with Gasteiger partial charge in [-0.1, -0.05) is 319 Å². The molecule has 0 fully saturated rings. The molecule has 3 N–H and O–H groups in total. The summed E-state index contributed by atoms with van der Waals surface area (Å²) in [5.74, 6) is -0.0546. The number of ether oxygens (including phenoxy) is 1. The van der Waals surface area contributed by atoms with Crippen LogP contribution in [0.2, 0.25) is 0 Å². The summed E-state index contributed by atoms with van der Waals surface area (Å²) in [5, 5.41) is 23.0. The molecule has 2 unspecified atom stereocenters. The number of hydrogen-bond acceptors (Lipinski definition) is 5. The average molecular weight is 1090 g/mol. The zero-order valence-electron chi connectivity index (χ0n) is 52.4. The molecule has 0 aromatic rings. The number of amides is 1. The molecule has 0 bridgehead atoms. The van der Waals surface area contributed by atoms with E-state index in [2.05, 4.69) is 55.6 Å². The summed E-state index contributed by atoms with van der Waals surface area (Å²) >= 11 is 0. The zero-order chi connectivity index (χ0) is 56.4. The fraction of sp³-hybridized carbons (Fsp3) is 0.861. The van der Waals surface area contributed by atoms with Crippen molar-refractivity contribution in [2.75, 3.05) is 13.2 Å². The molecule has 0 heterocycles. The van der Waals surface area contributed by atoms with Crippen LogP contribution in [0.25, 0.3) is 0 Å². The van der Waals surface area contributed by atoms with Crippen LogP contribution in [0.15, 0.2) is 48.6 Å². The Bertz CT molecular complexity index is 1310. The quantitative estimate of drug-likeness (QED) is 0.0320. The van der Waals surface area contributed by atoms with E-state index in [1.807, 2.05) is 6.08 Å². The van der Waals surface area contributed by atoms with Crippen molar-refractivity contribution >= 4 is 11.9 Å². The van der Waals surface area contributed by atoms with Gasteiger partial charge in [0.15, 0.2) is 0 Å². The SMILES string of the molecule is CCCCCCCC/C=C\CCCCCCCCCCCC(=O)OCCCCCCCCCCC/C=C\C/C=C\CCCCCCCCCCCCCCCCCCCC(=O)NC(CO)C(O)/C=C/CCCCCCCCC. The van der Waals surface area contributed by atoms with Crippen molar-refractivity contribution < 1.29 is 24.5 Å². The first-order chi connectivity index (χ1) is 38.5. The predicted octanol–water partition coefficient (Wildman–Crippen LogP) is 22.5. The molecule has 6 heteroatoms. The standard InChI is InChI=1S/C72H135NO5/c1-3-5-7-9-11-13-14-15-16-17-33-37-40-43-46-50-54-58-62-66-72(77)78-67-63-59-55-51-47-44-41-38-35-32-30-28-26-24-22-20-18-19-21-23-25-27-29-31-34-36-39-42-45-49-53-57-61-65-71(76)73-69(68-74)70(75)64-60-56-52-48-12-10-8-6-4-2/h15-16,22,24,28,30,60,64,69-70,74-75H,3-14,17-21,23,25-27,29,31-59,61-63,65-68H2,1-2H3,(H,73,76)/b16-15-,24-22-,30-28-,64-60+. The normalized spacial score (nSPS) is 12.8. The van der Waals surface area contributed by atoms with Gasteiger partial charge in [-0.05, 0) is 89.9 Å². The third-order valence-electron chi connectivity index (χ3n) is 16.1. The number of rotatable bonds is 65. The third-order valence-corrected chi connectivity index (χ3v) is 16.1. The molecule has 0 aromatic carbocycles. The highest BCUT2D eigenvalue weighted by atomic mass is 16.5. The molecule has 0 saturated carbocycles. The molecule has 458 valence electrons. The number of unbranched alkanes of at least 4 members (excludes halogenated alkanes) is 48. The summed E-state index contributed by atoms with van der Waals surface area (Å²) in [5.41, 5.74) is 0. The van der Waals surface area contributed by atoms with Crippen molar-refractivity contribution in [3.63, 3.8) is 0 Å². The van der Waals surface area contributed by atoms with Crippen LogP contribution in [0.3, 0.4) is 0 Å². The molecule has 6 nitrogen and oxygen atoms in total. The Morgan fingerprint density at radius 1 is 0.359 bits per heavy atom. The lowest BCUT2D eigenvalue weighted by molar-refractivity contribution is -0.143. The van der Waals surface area contributed by atoms with E-state index in [-0.39, 0.29) is 18.5 Å². The van der Waals surface area contributed by atoms with Gasteiger partial charge in [0.05, 0.1) is 25.4 Å². The second kappa shape index (κ2) is 67.3. The maximum Gasteiger partial charge on any atom is 0.305 e. The topological polar surface area (TPSA) is 95.9 Å². The highest BCUT2D eigenvalue weighted by Crippen LogP contribution is 2.18. The number of allylic oxidation sites excluding steroid dienone is 7. The van der Waals surface area contributed by atoms with Crippen molar-refractivity contribution in [2.24, 2.45) is 0 Å². The summed E-state index contributed by atoms with van der Waals surface area (Å²) in [7, 11) is 0. The monoisotopic (exact) mass is 1090 g/mol. The highest BCUT2D eigenvalue weighted by molar-refractivity contribution is 5.76. The molecule has 0 aliphatic heterocycles. The molecule has 0 aliphatic rings. The molecule has 1 amide bonds. The van der Waals surface area contributed by atoms with E-state index in [0.717, 1.165) is 51.4 Å². The maximum absolute atomic E-state index is 12.4. The van der Waals surface area contributed by atoms with Crippen LogP contribution < -0.4 is 5.32 Å². The summed E-state index contributed by atoms with van der Waals surface area (Å²) in [6.07, 6.45) is 87.8. The Morgan fingerprint density at radius 3 is 0.987 bits per heavy atom. The lowest BCUT2D eigenvalue weighted by Crippen LogP contribution is -2.45. The number of carbonyl (C=O) groups is 2. The first-order valence-electron chi connectivity index (χ1n) is 34.9. The first kappa shape index (κ1) is 75.8. The minimum atomic E-state index is -0.841. The van der Waals surface area contributed by atoms with Crippen molar-refractivity contribution in [1.82, 2.24) is 5.32 Å². The van der Waals surface area contributed by atoms with Gasteiger partial charge < -0.3 is 20.3 Å². The number of aliphatic hydroxyl groups is 2. The average Bonchev–Trinajstić information content (AvgIpc) is 3.44. The summed E-state index contributed by atoms with van der Waals surface area (Å²) in [6, 6.07) is -0.625.